The van der Waals surface area contributed by atoms with Gasteiger partial charge in [0.2, 0.25) is 0 Å². The average molecular weight is 306 g/mol. The topological polar surface area (TPSA) is 63.5 Å². The number of nitrogens with one attached hydrogen (secondary N) is 2. The van der Waals surface area contributed by atoms with Crippen LogP contribution in [0.15, 0.2) is 47.1 Å². The lowest BCUT2D eigenvalue weighted by Gasteiger charge is -2.08. The van der Waals surface area contributed by atoms with Crippen LogP contribution in [0, 0.1) is 0 Å². The van der Waals surface area contributed by atoms with Crippen LogP contribution in [0.4, 0.5) is 10.5 Å². The van der Waals surface area contributed by atoms with Crippen molar-refractivity contribution in [2.75, 3.05) is 24.7 Å². The fourth-order valence-corrected chi connectivity index (χ4v) is 2.44. The van der Waals surface area contributed by atoms with E-state index < -0.39 is 0 Å². The quantitative estimate of drug-likeness (QED) is 0.770. The Morgan fingerprint density at radius 1 is 1.33 bits per heavy atom. The first-order valence-electron chi connectivity index (χ1n) is 6.57. The number of carbonyl (C=O) groups is 1. The van der Waals surface area contributed by atoms with E-state index in [2.05, 4.69) is 10.6 Å². The Morgan fingerprint density at radius 3 is 3.00 bits per heavy atom. The van der Waals surface area contributed by atoms with Crippen molar-refractivity contribution in [3.05, 3.63) is 48.4 Å². The minimum atomic E-state index is -0.221. The Balaban J connectivity index is 1.63. The van der Waals surface area contributed by atoms with E-state index in [1.807, 2.05) is 30.3 Å². The van der Waals surface area contributed by atoms with Crippen molar-refractivity contribution in [2.24, 2.45) is 0 Å². The Bertz CT molecular complexity index is 558. The van der Waals surface area contributed by atoms with Gasteiger partial charge in [0, 0.05) is 24.1 Å². The van der Waals surface area contributed by atoms with E-state index in [0.29, 0.717) is 18.0 Å². The summed E-state index contributed by atoms with van der Waals surface area (Å²) in [5, 5.41) is 5.57. The third-order valence-corrected chi connectivity index (χ3v) is 3.67. The van der Waals surface area contributed by atoms with Crippen LogP contribution < -0.4 is 15.4 Å². The van der Waals surface area contributed by atoms with Gasteiger partial charge in [0.05, 0.1) is 19.1 Å². The molecule has 0 atom stereocenters. The van der Waals surface area contributed by atoms with Crippen LogP contribution in [0.25, 0.3) is 0 Å². The van der Waals surface area contributed by atoms with Crippen molar-refractivity contribution in [3.63, 3.8) is 0 Å². The van der Waals surface area contributed by atoms with Crippen molar-refractivity contribution in [1.82, 2.24) is 5.32 Å². The summed E-state index contributed by atoms with van der Waals surface area (Å²) in [6.07, 6.45) is 1.66. The number of furan rings is 1. The number of rotatable bonds is 7. The lowest BCUT2D eigenvalue weighted by atomic mass is 10.3. The van der Waals surface area contributed by atoms with Gasteiger partial charge in [-0.25, -0.2) is 4.79 Å². The largest absolute Gasteiger partial charge is 0.497 e. The van der Waals surface area contributed by atoms with Gasteiger partial charge in [-0.3, -0.25) is 0 Å². The first-order chi connectivity index (χ1) is 10.3. The molecule has 2 amide bonds. The molecule has 0 unspecified atom stereocenters. The van der Waals surface area contributed by atoms with Gasteiger partial charge in [0.25, 0.3) is 0 Å². The third-order valence-electron chi connectivity index (χ3n) is 2.68. The third kappa shape index (κ3) is 5.43. The second kappa shape index (κ2) is 8.26. The van der Waals surface area contributed by atoms with E-state index in [9.17, 15) is 4.79 Å². The number of carbonyl (C=O) groups excluding carboxylic acids is 1. The highest BCUT2D eigenvalue weighted by atomic mass is 32.2. The highest BCUT2D eigenvalue weighted by molar-refractivity contribution is 7.98. The molecule has 1 heterocycles. The molecule has 1 aromatic heterocycles. The Morgan fingerprint density at radius 2 is 2.24 bits per heavy atom. The SMILES string of the molecule is COc1cccc(NC(=O)NCCSCc2ccco2)c1. The number of urea groups is 1. The molecule has 112 valence electrons. The molecule has 2 N–H and O–H groups in total. The van der Waals surface area contributed by atoms with Crippen LogP contribution >= 0.6 is 11.8 Å². The fraction of sp³-hybridized carbons (Fsp3) is 0.267. The van der Waals surface area contributed by atoms with Gasteiger partial charge < -0.3 is 19.8 Å². The standard InChI is InChI=1S/C15H18N2O3S/c1-19-13-5-2-4-12(10-13)17-15(18)16-7-9-21-11-14-6-3-8-20-14/h2-6,8,10H,7,9,11H2,1H3,(H2,16,17,18). The van der Waals surface area contributed by atoms with E-state index in [1.165, 1.54) is 0 Å². The summed E-state index contributed by atoms with van der Waals surface area (Å²) in [4.78, 5) is 11.7. The summed E-state index contributed by atoms with van der Waals surface area (Å²) in [7, 11) is 1.59. The number of benzene rings is 1. The average Bonchev–Trinajstić information content (AvgIpc) is 3.00. The van der Waals surface area contributed by atoms with E-state index in [0.717, 1.165) is 17.3 Å². The number of amides is 2. The summed E-state index contributed by atoms with van der Waals surface area (Å²) in [6, 6.07) is 10.8. The molecule has 1 aromatic carbocycles. The summed E-state index contributed by atoms with van der Waals surface area (Å²) >= 11 is 1.71. The molecule has 0 saturated heterocycles. The summed E-state index contributed by atoms with van der Waals surface area (Å²) in [6.45, 7) is 0.598. The maximum atomic E-state index is 11.7. The first-order valence-corrected chi connectivity index (χ1v) is 7.72. The van der Waals surface area contributed by atoms with Crippen LogP contribution in [-0.4, -0.2) is 25.4 Å². The minimum Gasteiger partial charge on any atom is -0.497 e. The molecule has 5 nitrogen and oxygen atoms in total. The maximum absolute atomic E-state index is 11.7. The molecular weight excluding hydrogens is 288 g/mol. The van der Waals surface area contributed by atoms with Gasteiger partial charge in [-0.05, 0) is 24.3 Å². The Kier molecular flexibility index (Phi) is 6.02. The lowest BCUT2D eigenvalue weighted by molar-refractivity contribution is 0.252. The number of ether oxygens (including phenoxy) is 1. The van der Waals surface area contributed by atoms with E-state index in [-0.39, 0.29) is 6.03 Å². The van der Waals surface area contributed by atoms with Crippen LogP contribution in [0.2, 0.25) is 0 Å². The van der Waals surface area contributed by atoms with Gasteiger partial charge in [0.1, 0.15) is 11.5 Å². The van der Waals surface area contributed by atoms with Crippen molar-refractivity contribution < 1.29 is 13.9 Å². The van der Waals surface area contributed by atoms with Crippen LogP contribution in [-0.2, 0) is 5.75 Å². The molecule has 0 fully saturated rings. The molecule has 0 spiro atoms. The molecule has 0 aliphatic heterocycles. The van der Waals surface area contributed by atoms with Gasteiger partial charge in [0.15, 0.2) is 0 Å². The molecule has 0 saturated carbocycles. The molecule has 0 aliphatic rings. The lowest BCUT2D eigenvalue weighted by Crippen LogP contribution is -2.30. The predicted molar refractivity (Wildman–Crippen MR) is 84.9 cm³/mol. The number of methoxy groups -OCH3 is 1. The number of hydrogen-bond donors (Lipinski definition) is 2. The van der Waals surface area contributed by atoms with Gasteiger partial charge in [-0.2, -0.15) is 11.8 Å². The van der Waals surface area contributed by atoms with E-state index >= 15 is 0 Å². The van der Waals surface area contributed by atoms with E-state index in [1.54, 1.807) is 31.2 Å². The molecular formula is C15H18N2O3S. The van der Waals surface area contributed by atoms with Crippen molar-refractivity contribution >= 4 is 23.5 Å². The number of thioether (sulfide) groups is 1. The van der Waals surface area contributed by atoms with Crippen LogP contribution in [0.5, 0.6) is 5.75 Å². The molecule has 21 heavy (non-hydrogen) atoms. The van der Waals surface area contributed by atoms with Crippen LogP contribution in [0.1, 0.15) is 5.76 Å². The van der Waals surface area contributed by atoms with Gasteiger partial charge >= 0.3 is 6.03 Å². The smallest absolute Gasteiger partial charge is 0.319 e. The van der Waals surface area contributed by atoms with Crippen molar-refractivity contribution in [2.45, 2.75) is 5.75 Å². The van der Waals surface area contributed by atoms with Crippen molar-refractivity contribution in [1.29, 1.82) is 0 Å². The second-order valence-corrected chi connectivity index (χ2v) is 5.35. The number of hydrogen-bond acceptors (Lipinski definition) is 4. The van der Waals surface area contributed by atoms with Crippen molar-refractivity contribution in [3.8, 4) is 5.75 Å². The zero-order valence-corrected chi connectivity index (χ0v) is 12.6. The molecule has 2 rings (SSSR count). The maximum Gasteiger partial charge on any atom is 0.319 e. The first kappa shape index (κ1) is 15.3. The monoisotopic (exact) mass is 306 g/mol. The second-order valence-electron chi connectivity index (χ2n) is 4.24. The minimum absolute atomic E-state index is 0.221. The van der Waals surface area contributed by atoms with Gasteiger partial charge in [-0.15, -0.1) is 0 Å². The predicted octanol–water partition coefficient (Wildman–Crippen LogP) is 3.34. The highest BCUT2D eigenvalue weighted by Crippen LogP contribution is 2.16. The molecule has 2 aromatic rings. The van der Waals surface area contributed by atoms with Crippen LogP contribution in [0.3, 0.4) is 0 Å². The zero-order valence-electron chi connectivity index (χ0n) is 11.8. The normalized spacial score (nSPS) is 10.1. The molecule has 6 heteroatoms. The number of anilines is 1. The summed E-state index contributed by atoms with van der Waals surface area (Å²) in [5.74, 6) is 3.29. The molecule has 0 aliphatic carbocycles. The van der Waals surface area contributed by atoms with E-state index in [4.69, 9.17) is 9.15 Å². The fourth-order valence-electron chi connectivity index (χ4n) is 1.68. The van der Waals surface area contributed by atoms with Gasteiger partial charge in [-0.1, -0.05) is 6.07 Å². The molecule has 0 radical (unpaired) electrons. The Labute approximate surface area is 128 Å². The zero-order chi connectivity index (χ0) is 14.9. The summed E-state index contributed by atoms with van der Waals surface area (Å²) < 4.78 is 10.3. The highest BCUT2D eigenvalue weighted by Gasteiger charge is 2.02. The Hall–Kier alpha value is -2.08. The molecule has 0 bridgehead atoms. The summed E-state index contributed by atoms with van der Waals surface area (Å²) in [5.41, 5.74) is 0.704.